The van der Waals surface area contributed by atoms with E-state index in [2.05, 4.69) is 6.92 Å². The van der Waals surface area contributed by atoms with Gasteiger partial charge in [-0.1, -0.05) is 71.1 Å². The molecule has 0 atom stereocenters. The first kappa shape index (κ1) is 16.1. The second kappa shape index (κ2) is 10.3. The fourth-order valence-corrected chi connectivity index (χ4v) is 1.86. The molecule has 0 aromatic heterocycles. The first-order chi connectivity index (χ1) is 8.20. The highest BCUT2D eigenvalue weighted by Crippen LogP contribution is 2.22. The van der Waals surface area contributed by atoms with Crippen LogP contribution < -0.4 is 0 Å². The van der Waals surface area contributed by atoms with Gasteiger partial charge >= 0.3 is 0 Å². The van der Waals surface area contributed by atoms with E-state index < -0.39 is 0 Å². The van der Waals surface area contributed by atoms with Crippen LogP contribution >= 0.6 is 0 Å². The first-order valence-corrected chi connectivity index (χ1v) is 6.91. The molecule has 1 saturated carbocycles. The predicted octanol–water partition coefficient (Wildman–Crippen LogP) is 5.99. The van der Waals surface area contributed by atoms with Gasteiger partial charge in [0.25, 0.3) is 0 Å². The summed E-state index contributed by atoms with van der Waals surface area (Å²) < 4.78 is 12.3. The van der Waals surface area contributed by atoms with Crippen molar-refractivity contribution in [3.05, 3.63) is 35.6 Å². The van der Waals surface area contributed by atoms with E-state index in [1.54, 1.807) is 19.1 Å². The van der Waals surface area contributed by atoms with Gasteiger partial charge in [-0.25, -0.2) is 4.39 Å². The van der Waals surface area contributed by atoms with E-state index in [1.807, 2.05) is 19.9 Å². The monoisotopic (exact) mass is 240 g/mol. The van der Waals surface area contributed by atoms with Gasteiger partial charge in [-0.15, -0.1) is 0 Å². The maximum Gasteiger partial charge on any atom is 0.126 e. The van der Waals surface area contributed by atoms with Crippen LogP contribution in [0.2, 0.25) is 0 Å². The van der Waals surface area contributed by atoms with Crippen LogP contribution in [0.25, 0.3) is 0 Å². The molecule has 1 heteroatoms. The molecule has 17 heavy (non-hydrogen) atoms. The van der Waals surface area contributed by atoms with Crippen molar-refractivity contribution in [3.63, 3.8) is 0 Å². The Morgan fingerprint density at radius 3 is 1.88 bits per heavy atom. The lowest BCUT2D eigenvalue weighted by molar-refractivity contribution is 0.385. The summed E-state index contributed by atoms with van der Waals surface area (Å²) in [7, 11) is 0. The molecule has 0 radical (unpaired) electrons. The SMILES string of the molecule is CC.CC1CCCCC1.Cc1ccccc1F.[HH]. The van der Waals surface area contributed by atoms with Crippen LogP contribution in [0.15, 0.2) is 24.3 Å². The van der Waals surface area contributed by atoms with Gasteiger partial charge in [-0.3, -0.25) is 0 Å². The van der Waals surface area contributed by atoms with Gasteiger partial charge in [0.1, 0.15) is 5.82 Å². The summed E-state index contributed by atoms with van der Waals surface area (Å²) in [6.45, 7) is 8.11. The fourth-order valence-electron chi connectivity index (χ4n) is 1.86. The van der Waals surface area contributed by atoms with Crippen molar-refractivity contribution in [1.82, 2.24) is 0 Å². The van der Waals surface area contributed by atoms with Crippen LogP contribution in [0, 0.1) is 18.7 Å². The van der Waals surface area contributed by atoms with Crippen molar-refractivity contribution < 1.29 is 5.82 Å². The van der Waals surface area contributed by atoms with Crippen LogP contribution in [-0.4, -0.2) is 0 Å². The lowest BCUT2D eigenvalue weighted by Crippen LogP contribution is -1.99. The number of halogens is 1. The summed E-state index contributed by atoms with van der Waals surface area (Å²) >= 11 is 0. The molecule has 0 aliphatic heterocycles. The van der Waals surface area contributed by atoms with Crippen LogP contribution in [0.1, 0.15) is 59.9 Å². The summed E-state index contributed by atoms with van der Waals surface area (Å²) in [5, 5.41) is 0. The second-order valence-corrected chi connectivity index (χ2v) is 4.49. The summed E-state index contributed by atoms with van der Waals surface area (Å²) in [5.74, 6) is 0.904. The first-order valence-electron chi connectivity index (χ1n) is 6.91. The minimum Gasteiger partial charge on any atom is -0.207 e. The predicted molar refractivity (Wildman–Crippen MR) is 76.8 cm³/mol. The lowest BCUT2D eigenvalue weighted by atomic mass is 9.91. The Morgan fingerprint density at radius 1 is 1.06 bits per heavy atom. The average molecular weight is 240 g/mol. The Bertz CT molecular complexity index is 259. The van der Waals surface area contributed by atoms with Crippen molar-refractivity contribution in [2.75, 3.05) is 0 Å². The number of aryl methyl sites for hydroxylation is 1. The summed E-state index contributed by atoms with van der Waals surface area (Å²) in [6, 6.07) is 6.70. The Balaban J connectivity index is 0. The van der Waals surface area contributed by atoms with Crippen molar-refractivity contribution >= 4 is 0 Å². The third-order valence-electron chi connectivity index (χ3n) is 2.97. The second-order valence-electron chi connectivity index (χ2n) is 4.49. The molecule has 1 aromatic rings. The van der Waals surface area contributed by atoms with Crippen molar-refractivity contribution in [3.8, 4) is 0 Å². The number of hydrogen-bond donors (Lipinski definition) is 0. The van der Waals surface area contributed by atoms with E-state index in [-0.39, 0.29) is 7.24 Å². The normalized spacial score (nSPS) is 15.1. The van der Waals surface area contributed by atoms with Crippen molar-refractivity contribution in [1.29, 1.82) is 0 Å². The highest BCUT2D eigenvalue weighted by atomic mass is 19.1. The lowest BCUT2D eigenvalue weighted by Gasteiger charge is -2.15. The minimum absolute atomic E-state index is 0. The Morgan fingerprint density at radius 2 is 1.59 bits per heavy atom. The van der Waals surface area contributed by atoms with E-state index in [9.17, 15) is 4.39 Å². The molecule has 0 bridgehead atoms. The molecule has 0 heterocycles. The van der Waals surface area contributed by atoms with Crippen LogP contribution in [0.5, 0.6) is 0 Å². The standard InChI is InChI=1S/C7H7F.C7H14.C2H6.H2/c1-6-4-2-3-5-7(6)8;1-7-5-3-2-4-6-7;1-2;/h2-5H,1H3;7H,2-6H2,1H3;1-2H3;1H. The Labute approximate surface area is 108 Å². The molecule has 0 nitrogen and oxygen atoms in total. The fraction of sp³-hybridized carbons (Fsp3) is 0.625. The molecule has 0 spiro atoms. The molecule has 1 fully saturated rings. The van der Waals surface area contributed by atoms with Crippen LogP contribution in [-0.2, 0) is 0 Å². The van der Waals surface area contributed by atoms with Gasteiger partial charge in [0, 0.05) is 1.43 Å². The van der Waals surface area contributed by atoms with Gasteiger partial charge in [0.05, 0.1) is 0 Å². The van der Waals surface area contributed by atoms with Crippen LogP contribution in [0.4, 0.5) is 4.39 Å². The van der Waals surface area contributed by atoms with Gasteiger partial charge in [0.15, 0.2) is 0 Å². The van der Waals surface area contributed by atoms with Gasteiger partial charge < -0.3 is 0 Å². The molecule has 1 aliphatic rings. The number of benzene rings is 1. The zero-order valence-electron chi connectivity index (χ0n) is 11.8. The summed E-state index contributed by atoms with van der Waals surface area (Å²) in [5.41, 5.74) is 0.701. The van der Waals surface area contributed by atoms with Gasteiger partial charge in [-0.05, 0) is 24.5 Å². The van der Waals surface area contributed by atoms with E-state index in [1.165, 1.54) is 38.2 Å². The largest absolute Gasteiger partial charge is 0.207 e. The quantitative estimate of drug-likeness (QED) is 0.522. The smallest absolute Gasteiger partial charge is 0.126 e. The maximum absolute atomic E-state index is 12.3. The van der Waals surface area contributed by atoms with Gasteiger partial charge in [-0.2, -0.15) is 0 Å². The molecule has 2 rings (SSSR count). The Kier molecular flexibility index (Phi) is 9.80. The number of rotatable bonds is 0. The topological polar surface area (TPSA) is 0 Å². The third kappa shape index (κ3) is 7.95. The zero-order chi connectivity index (χ0) is 13.1. The Hall–Kier alpha value is -0.850. The molecule has 0 saturated heterocycles. The summed E-state index contributed by atoms with van der Waals surface area (Å²) in [4.78, 5) is 0. The third-order valence-corrected chi connectivity index (χ3v) is 2.97. The molecular weight excluding hydrogens is 211 g/mol. The molecule has 100 valence electrons. The molecule has 0 unspecified atom stereocenters. The van der Waals surface area contributed by atoms with Crippen molar-refractivity contribution in [2.24, 2.45) is 5.92 Å². The molecular formula is C16H29F. The van der Waals surface area contributed by atoms with E-state index in [0.29, 0.717) is 5.56 Å². The number of hydrogen-bond acceptors (Lipinski definition) is 0. The molecule has 1 aliphatic carbocycles. The average Bonchev–Trinajstić information content (AvgIpc) is 2.37. The molecule has 0 N–H and O–H groups in total. The van der Waals surface area contributed by atoms with E-state index in [4.69, 9.17) is 0 Å². The van der Waals surface area contributed by atoms with E-state index in [0.717, 1.165) is 5.92 Å². The highest BCUT2D eigenvalue weighted by Gasteiger charge is 2.05. The molecule has 1 aromatic carbocycles. The molecule has 0 amide bonds. The van der Waals surface area contributed by atoms with Gasteiger partial charge in [0.2, 0.25) is 0 Å². The van der Waals surface area contributed by atoms with Crippen LogP contribution in [0.3, 0.4) is 0 Å². The highest BCUT2D eigenvalue weighted by molar-refractivity contribution is 5.14. The summed E-state index contributed by atoms with van der Waals surface area (Å²) in [6.07, 6.45) is 7.44. The van der Waals surface area contributed by atoms with Crippen molar-refractivity contribution in [2.45, 2.75) is 59.8 Å². The van der Waals surface area contributed by atoms with E-state index >= 15 is 0 Å². The minimum atomic E-state index is -0.132. The zero-order valence-corrected chi connectivity index (χ0v) is 11.8. The maximum atomic E-state index is 12.3.